The number of fused-ring (bicyclic) bond motifs is 5. The molecule has 178 valence electrons. The van der Waals surface area contributed by atoms with E-state index >= 15 is 0 Å². The van der Waals surface area contributed by atoms with Gasteiger partial charge in [0.25, 0.3) is 0 Å². The molecule has 1 saturated heterocycles. The Hall–Kier alpha value is -4.25. The average molecular weight is 473 g/mol. The molecule has 0 unspecified atom stereocenters. The fraction of sp³-hybridized carbons (Fsp3) is 0.194. The van der Waals surface area contributed by atoms with E-state index in [9.17, 15) is 5.11 Å². The normalized spacial score (nSPS) is 22.9. The van der Waals surface area contributed by atoms with E-state index in [2.05, 4.69) is 74.7 Å². The lowest BCUT2D eigenvalue weighted by Gasteiger charge is -2.17. The Labute approximate surface area is 211 Å². The number of hydrogen-bond acceptors (Lipinski definition) is 5. The number of hydrogen-bond donors (Lipinski definition) is 2. The van der Waals surface area contributed by atoms with Crippen LogP contribution in [0, 0.1) is 12.3 Å². The van der Waals surface area contributed by atoms with Crippen LogP contribution in [0.1, 0.15) is 38.3 Å². The van der Waals surface area contributed by atoms with Crippen LogP contribution in [0.2, 0.25) is 0 Å². The van der Waals surface area contributed by atoms with E-state index in [1.54, 1.807) is 6.92 Å². The van der Waals surface area contributed by atoms with E-state index in [0.29, 0.717) is 11.3 Å². The van der Waals surface area contributed by atoms with E-state index in [0.717, 1.165) is 57.5 Å². The molecule has 8 bridgehead atoms. The van der Waals surface area contributed by atoms with Crippen LogP contribution in [-0.2, 0) is 0 Å². The topological polar surface area (TPSA) is 69.3 Å². The van der Waals surface area contributed by atoms with Crippen LogP contribution in [0.5, 0.6) is 0 Å². The van der Waals surface area contributed by atoms with Gasteiger partial charge in [-0.2, -0.15) is 0 Å². The van der Waals surface area contributed by atoms with E-state index in [-0.39, 0.29) is 11.2 Å². The Morgan fingerprint density at radius 1 is 0.889 bits per heavy atom. The predicted molar refractivity (Wildman–Crippen MR) is 148 cm³/mol. The molecule has 0 atom stereocenters. The van der Waals surface area contributed by atoms with Crippen molar-refractivity contribution in [3.8, 4) is 0 Å². The summed E-state index contributed by atoms with van der Waals surface area (Å²) >= 11 is 0. The standard InChI is InChI=1S/C31H28N4O/c1-18-5-7-20(8-6-18)30-26-12-11-21(33-26)13-24-17-31(3,4)29(34-24)15-23-10-9-22(32-23)14-27-25(19(2)36)16-28(30)35-27/h5-16,34,36H,17H2,1-4H3/b22-14?,24-13?,25-19-,29-15?,30-26?. The average Bonchev–Trinajstić information content (AvgIpc) is 3.59. The fourth-order valence-corrected chi connectivity index (χ4v) is 5.00. The number of aliphatic hydroxyl groups excluding tert-OH is 1. The summed E-state index contributed by atoms with van der Waals surface area (Å²) in [5.74, 6) is 0.221. The van der Waals surface area contributed by atoms with Crippen LogP contribution in [0.25, 0.3) is 5.57 Å². The van der Waals surface area contributed by atoms with Crippen molar-refractivity contribution in [2.75, 3.05) is 0 Å². The fourth-order valence-electron chi connectivity index (χ4n) is 5.00. The molecule has 0 saturated carbocycles. The molecule has 5 aliphatic heterocycles. The van der Waals surface area contributed by atoms with Crippen molar-refractivity contribution in [2.24, 2.45) is 20.4 Å². The third-order valence-corrected chi connectivity index (χ3v) is 6.94. The molecule has 1 fully saturated rings. The van der Waals surface area contributed by atoms with Gasteiger partial charge >= 0.3 is 0 Å². The van der Waals surface area contributed by atoms with Crippen molar-refractivity contribution in [1.29, 1.82) is 0 Å². The zero-order valence-corrected chi connectivity index (χ0v) is 20.9. The first-order valence-electron chi connectivity index (χ1n) is 12.2. The molecule has 36 heavy (non-hydrogen) atoms. The van der Waals surface area contributed by atoms with Gasteiger partial charge in [0.15, 0.2) is 0 Å². The smallest absolute Gasteiger partial charge is 0.0986 e. The van der Waals surface area contributed by atoms with Crippen LogP contribution in [0.3, 0.4) is 0 Å². The number of aliphatic hydroxyl groups is 1. The summed E-state index contributed by atoms with van der Waals surface area (Å²) in [5.41, 5.74) is 11.0. The molecule has 0 spiro atoms. The minimum absolute atomic E-state index is 0.0326. The molecule has 0 amide bonds. The van der Waals surface area contributed by atoms with Crippen molar-refractivity contribution >= 4 is 22.7 Å². The van der Waals surface area contributed by atoms with Gasteiger partial charge in [-0.1, -0.05) is 43.7 Å². The van der Waals surface area contributed by atoms with Crippen LogP contribution in [0.4, 0.5) is 0 Å². The summed E-state index contributed by atoms with van der Waals surface area (Å²) in [4.78, 5) is 14.8. The highest BCUT2D eigenvalue weighted by Crippen LogP contribution is 2.40. The van der Waals surface area contributed by atoms with Gasteiger partial charge in [0, 0.05) is 28.0 Å². The molecule has 0 aliphatic carbocycles. The Balaban J connectivity index is 1.60. The number of aliphatic imine (C=N–C) groups is 3. The van der Waals surface area contributed by atoms with Gasteiger partial charge in [-0.05, 0) is 74.4 Å². The number of aryl methyl sites for hydroxylation is 1. The molecule has 5 aliphatic rings. The molecule has 5 heterocycles. The summed E-state index contributed by atoms with van der Waals surface area (Å²) in [6.07, 6.45) is 17.1. The first-order valence-corrected chi connectivity index (χ1v) is 12.2. The summed E-state index contributed by atoms with van der Waals surface area (Å²) in [5, 5.41) is 14.1. The monoisotopic (exact) mass is 472 g/mol. The lowest BCUT2D eigenvalue weighted by atomic mass is 9.87. The van der Waals surface area contributed by atoms with Crippen LogP contribution in [-0.4, -0.2) is 22.2 Å². The molecule has 0 radical (unpaired) electrons. The van der Waals surface area contributed by atoms with Gasteiger partial charge in [-0.3, -0.25) is 0 Å². The van der Waals surface area contributed by atoms with E-state index in [1.165, 1.54) is 5.56 Å². The summed E-state index contributed by atoms with van der Waals surface area (Å²) in [7, 11) is 0. The molecular formula is C31H28N4O. The van der Waals surface area contributed by atoms with Crippen molar-refractivity contribution < 1.29 is 5.11 Å². The van der Waals surface area contributed by atoms with Gasteiger partial charge in [0.05, 0.1) is 40.0 Å². The van der Waals surface area contributed by atoms with E-state index < -0.39 is 0 Å². The highest BCUT2D eigenvalue weighted by atomic mass is 16.3. The SMILES string of the molecule is C/C(O)=C1\C=C2N=C1C=C1C=CC(=N1)C=C1NC(=CC3=NC(=C2c2ccc(C)cc2)C=C3)CC1(C)C. The lowest BCUT2D eigenvalue weighted by molar-refractivity contribution is 0.412. The van der Waals surface area contributed by atoms with E-state index in [4.69, 9.17) is 15.0 Å². The molecule has 1 aromatic carbocycles. The first-order chi connectivity index (χ1) is 17.2. The molecule has 0 aromatic heterocycles. The van der Waals surface area contributed by atoms with Crippen LogP contribution in [0.15, 0.2) is 128 Å². The van der Waals surface area contributed by atoms with Crippen molar-refractivity contribution in [3.05, 3.63) is 124 Å². The third kappa shape index (κ3) is 3.97. The predicted octanol–water partition coefficient (Wildman–Crippen LogP) is 6.58. The summed E-state index contributed by atoms with van der Waals surface area (Å²) in [6, 6.07) is 8.40. The molecule has 2 N–H and O–H groups in total. The van der Waals surface area contributed by atoms with Gasteiger partial charge in [0.1, 0.15) is 0 Å². The van der Waals surface area contributed by atoms with E-state index in [1.807, 2.05) is 24.3 Å². The summed E-state index contributed by atoms with van der Waals surface area (Å²) < 4.78 is 0. The quantitative estimate of drug-likeness (QED) is 0.453. The Morgan fingerprint density at radius 2 is 1.64 bits per heavy atom. The molecule has 5 heteroatoms. The molecule has 6 rings (SSSR count). The zero-order chi connectivity index (χ0) is 25.0. The maximum Gasteiger partial charge on any atom is 0.0986 e. The third-order valence-electron chi connectivity index (χ3n) is 6.94. The first kappa shape index (κ1) is 22.2. The minimum Gasteiger partial charge on any atom is -0.512 e. The van der Waals surface area contributed by atoms with Crippen LogP contribution < -0.4 is 5.32 Å². The highest BCUT2D eigenvalue weighted by molar-refractivity contribution is 6.17. The lowest BCUT2D eigenvalue weighted by Crippen LogP contribution is -2.14. The van der Waals surface area contributed by atoms with Crippen molar-refractivity contribution in [3.63, 3.8) is 0 Å². The summed E-state index contributed by atoms with van der Waals surface area (Å²) in [6.45, 7) is 8.25. The molecule has 5 nitrogen and oxygen atoms in total. The van der Waals surface area contributed by atoms with Crippen molar-refractivity contribution in [2.45, 2.75) is 34.1 Å². The van der Waals surface area contributed by atoms with Gasteiger partial charge in [-0.25, -0.2) is 15.0 Å². The second-order valence-electron chi connectivity index (χ2n) is 10.4. The van der Waals surface area contributed by atoms with Gasteiger partial charge < -0.3 is 10.4 Å². The number of nitrogens with zero attached hydrogens (tertiary/aromatic N) is 3. The highest BCUT2D eigenvalue weighted by Gasteiger charge is 2.33. The van der Waals surface area contributed by atoms with Crippen LogP contribution >= 0.6 is 0 Å². The number of rotatable bonds is 1. The molecular weight excluding hydrogens is 444 g/mol. The number of benzene rings is 1. The Morgan fingerprint density at radius 3 is 2.42 bits per heavy atom. The van der Waals surface area contributed by atoms with Gasteiger partial charge in [0.2, 0.25) is 0 Å². The second-order valence-corrected chi connectivity index (χ2v) is 10.4. The molecule has 1 aromatic rings. The van der Waals surface area contributed by atoms with Crippen molar-refractivity contribution in [1.82, 2.24) is 5.32 Å². The Bertz CT molecular complexity index is 1540. The zero-order valence-electron chi connectivity index (χ0n) is 20.9. The second kappa shape index (κ2) is 8.16. The van der Waals surface area contributed by atoms with Gasteiger partial charge in [-0.15, -0.1) is 0 Å². The Kier molecular flexibility index (Phi) is 5.04. The minimum atomic E-state index is -0.0326. The number of allylic oxidation sites excluding steroid dienone is 13. The number of nitrogens with one attached hydrogen (secondary N) is 1. The maximum atomic E-state index is 10.5. The largest absolute Gasteiger partial charge is 0.512 e. The maximum absolute atomic E-state index is 10.5.